The van der Waals surface area contributed by atoms with Gasteiger partial charge in [0.25, 0.3) is 0 Å². The summed E-state index contributed by atoms with van der Waals surface area (Å²) in [6, 6.07) is 14.0. The van der Waals surface area contributed by atoms with Crippen molar-refractivity contribution >= 4 is 15.9 Å². The predicted octanol–water partition coefficient (Wildman–Crippen LogP) is 3.90. The number of nitrogens with zero attached hydrogens (tertiary/aromatic N) is 1. The van der Waals surface area contributed by atoms with Crippen molar-refractivity contribution in [2.45, 2.75) is 58.5 Å². The second-order valence-corrected chi connectivity index (χ2v) is 10.3. The average molecular weight is 429 g/mol. The van der Waals surface area contributed by atoms with E-state index in [1.54, 1.807) is 0 Å². The van der Waals surface area contributed by atoms with Gasteiger partial charge in [-0.25, -0.2) is 8.42 Å². The highest BCUT2D eigenvalue weighted by atomic mass is 32.2. The van der Waals surface area contributed by atoms with Crippen molar-refractivity contribution in [1.82, 2.24) is 9.62 Å². The molecule has 1 N–H and O–H groups in total. The van der Waals surface area contributed by atoms with Gasteiger partial charge in [-0.3, -0.25) is 4.79 Å². The van der Waals surface area contributed by atoms with Crippen LogP contribution in [0.2, 0.25) is 0 Å². The number of carbonyl (C=O) groups is 1. The maximum absolute atomic E-state index is 12.8. The molecule has 1 aliphatic rings. The largest absolute Gasteiger partial charge is 0.348 e. The van der Waals surface area contributed by atoms with E-state index in [1.807, 2.05) is 38.1 Å². The van der Waals surface area contributed by atoms with Crippen molar-refractivity contribution in [3.63, 3.8) is 0 Å². The average Bonchev–Trinajstić information content (AvgIpc) is 2.72. The van der Waals surface area contributed by atoms with Crippen LogP contribution in [0.1, 0.15) is 60.0 Å². The fourth-order valence-corrected chi connectivity index (χ4v) is 4.71. The lowest BCUT2D eigenvalue weighted by Gasteiger charge is -2.24. The number of hydrogen-bond acceptors (Lipinski definition) is 3. The molecular formula is C24H32N2O3S. The van der Waals surface area contributed by atoms with Crippen molar-refractivity contribution in [2.75, 3.05) is 12.8 Å². The summed E-state index contributed by atoms with van der Waals surface area (Å²) in [6.07, 6.45) is 6.56. The van der Waals surface area contributed by atoms with Gasteiger partial charge in [-0.1, -0.05) is 55.0 Å². The Hall–Kier alpha value is -2.18. The van der Waals surface area contributed by atoms with Crippen molar-refractivity contribution in [2.24, 2.45) is 0 Å². The van der Waals surface area contributed by atoms with E-state index in [0.717, 1.165) is 42.2 Å². The molecule has 0 aliphatic heterocycles. The van der Waals surface area contributed by atoms with E-state index < -0.39 is 10.0 Å². The molecule has 2 aromatic carbocycles. The number of sulfonamides is 1. The highest BCUT2D eigenvalue weighted by Crippen LogP contribution is 2.26. The first-order chi connectivity index (χ1) is 14.3. The lowest BCUT2D eigenvalue weighted by atomic mass is 9.89. The van der Waals surface area contributed by atoms with Gasteiger partial charge in [-0.2, -0.15) is 4.31 Å². The Labute approximate surface area is 180 Å². The monoisotopic (exact) mass is 428 g/mol. The van der Waals surface area contributed by atoms with Gasteiger partial charge in [0.15, 0.2) is 0 Å². The van der Waals surface area contributed by atoms with Crippen LogP contribution in [-0.4, -0.2) is 31.4 Å². The molecule has 0 radical (unpaired) electrons. The molecule has 2 aromatic rings. The summed E-state index contributed by atoms with van der Waals surface area (Å²) < 4.78 is 25.8. The Kier molecular flexibility index (Phi) is 7.32. The highest BCUT2D eigenvalue weighted by Gasteiger charge is 2.23. The summed E-state index contributed by atoms with van der Waals surface area (Å²) in [4.78, 5) is 12.8. The summed E-state index contributed by atoms with van der Waals surface area (Å²) in [5, 5.41) is 3.04. The summed E-state index contributed by atoms with van der Waals surface area (Å²) in [5.41, 5.74) is 5.85. The van der Waals surface area contributed by atoms with Crippen LogP contribution in [0.5, 0.6) is 0 Å². The molecule has 0 aromatic heterocycles. The molecule has 1 aliphatic carbocycles. The first-order valence-corrected chi connectivity index (χ1v) is 12.5. The number of hydrogen-bond donors (Lipinski definition) is 1. The van der Waals surface area contributed by atoms with E-state index in [9.17, 15) is 13.2 Å². The normalized spacial score (nSPS) is 14.9. The SMILES string of the molecule is CCC(NC(=O)CN(Cc1ccc(C)cc1)S(C)(=O)=O)c1ccc2c(c1)CCCC2. The standard InChI is InChI=1S/C24H32N2O3S/c1-4-23(22-14-13-20-7-5-6-8-21(20)15-22)25-24(27)17-26(30(3,28)29)16-19-11-9-18(2)10-12-19/h9-15,23H,4-8,16-17H2,1-3H3,(H,25,27). The molecule has 30 heavy (non-hydrogen) atoms. The van der Waals surface area contributed by atoms with Crippen LogP contribution < -0.4 is 5.32 Å². The molecule has 0 heterocycles. The quantitative estimate of drug-likeness (QED) is 0.693. The summed E-state index contributed by atoms with van der Waals surface area (Å²) in [7, 11) is -3.52. The Bertz CT molecular complexity index is 984. The molecule has 0 spiro atoms. The van der Waals surface area contributed by atoms with Crippen LogP contribution in [-0.2, 0) is 34.2 Å². The van der Waals surface area contributed by atoms with Crippen LogP contribution in [0.3, 0.4) is 0 Å². The van der Waals surface area contributed by atoms with Gasteiger partial charge in [0.2, 0.25) is 15.9 Å². The molecule has 3 rings (SSSR count). The minimum absolute atomic E-state index is 0.120. The molecule has 0 saturated carbocycles. The van der Waals surface area contributed by atoms with E-state index in [-0.39, 0.29) is 25.0 Å². The zero-order valence-corrected chi connectivity index (χ0v) is 19.0. The van der Waals surface area contributed by atoms with Crippen molar-refractivity contribution in [3.05, 3.63) is 70.3 Å². The molecule has 1 atom stereocenters. The number of fused-ring (bicyclic) bond motifs is 1. The third-order valence-corrected chi connectivity index (χ3v) is 6.98. The minimum Gasteiger partial charge on any atom is -0.348 e. The molecular weight excluding hydrogens is 396 g/mol. The Balaban J connectivity index is 1.69. The summed E-state index contributed by atoms with van der Waals surface area (Å²) >= 11 is 0. The van der Waals surface area contributed by atoms with Crippen LogP contribution >= 0.6 is 0 Å². The van der Waals surface area contributed by atoms with E-state index in [1.165, 1.54) is 28.3 Å². The second kappa shape index (κ2) is 9.75. The summed E-state index contributed by atoms with van der Waals surface area (Å²) in [5.74, 6) is -0.280. The topological polar surface area (TPSA) is 66.5 Å². The van der Waals surface area contributed by atoms with Gasteiger partial charge in [-0.15, -0.1) is 0 Å². The molecule has 1 unspecified atom stereocenters. The van der Waals surface area contributed by atoms with Gasteiger partial charge >= 0.3 is 0 Å². The Morgan fingerprint density at radius 2 is 1.73 bits per heavy atom. The zero-order chi connectivity index (χ0) is 21.7. The van der Waals surface area contributed by atoms with E-state index >= 15 is 0 Å². The molecule has 1 amide bonds. The maximum atomic E-state index is 12.8. The van der Waals surface area contributed by atoms with Gasteiger partial charge < -0.3 is 5.32 Å². The zero-order valence-electron chi connectivity index (χ0n) is 18.1. The number of rotatable bonds is 8. The van der Waals surface area contributed by atoms with Crippen LogP contribution in [0.25, 0.3) is 0 Å². The van der Waals surface area contributed by atoms with Crippen molar-refractivity contribution < 1.29 is 13.2 Å². The number of benzene rings is 2. The van der Waals surface area contributed by atoms with E-state index in [2.05, 4.69) is 23.5 Å². The molecule has 6 heteroatoms. The fraction of sp³-hybridized carbons (Fsp3) is 0.458. The Morgan fingerprint density at radius 3 is 2.37 bits per heavy atom. The molecule has 162 valence electrons. The first kappa shape index (κ1) is 22.5. The van der Waals surface area contributed by atoms with E-state index in [4.69, 9.17) is 0 Å². The predicted molar refractivity (Wildman–Crippen MR) is 121 cm³/mol. The van der Waals surface area contributed by atoms with Gasteiger partial charge in [-0.05, 0) is 61.3 Å². The summed E-state index contributed by atoms with van der Waals surface area (Å²) in [6.45, 7) is 4.01. The number of carbonyl (C=O) groups excluding carboxylic acids is 1. The third kappa shape index (κ3) is 5.92. The minimum atomic E-state index is -3.52. The highest BCUT2D eigenvalue weighted by molar-refractivity contribution is 7.88. The second-order valence-electron chi connectivity index (χ2n) is 8.28. The van der Waals surface area contributed by atoms with Gasteiger partial charge in [0, 0.05) is 6.54 Å². The van der Waals surface area contributed by atoms with Crippen molar-refractivity contribution in [1.29, 1.82) is 0 Å². The number of amides is 1. The van der Waals surface area contributed by atoms with Gasteiger partial charge in [0.05, 0.1) is 18.8 Å². The van der Waals surface area contributed by atoms with Crippen LogP contribution in [0, 0.1) is 6.92 Å². The molecule has 0 fully saturated rings. The number of nitrogens with one attached hydrogen (secondary N) is 1. The first-order valence-electron chi connectivity index (χ1n) is 10.7. The van der Waals surface area contributed by atoms with Gasteiger partial charge in [0.1, 0.15) is 0 Å². The number of aryl methyl sites for hydroxylation is 3. The smallest absolute Gasteiger partial charge is 0.235 e. The molecule has 0 bridgehead atoms. The Morgan fingerprint density at radius 1 is 1.07 bits per heavy atom. The molecule has 0 saturated heterocycles. The third-order valence-electron chi connectivity index (χ3n) is 5.79. The van der Waals surface area contributed by atoms with Crippen molar-refractivity contribution in [3.8, 4) is 0 Å². The molecule has 5 nitrogen and oxygen atoms in total. The van der Waals surface area contributed by atoms with E-state index in [0.29, 0.717) is 0 Å². The maximum Gasteiger partial charge on any atom is 0.235 e. The lowest BCUT2D eigenvalue weighted by molar-refractivity contribution is -0.122. The van der Waals surface area contributed by atoms with Crippen LogP contribution in [0.4, 0.5) is 0 Å². The fourth-order valence-electron chi connectivity index (χ4n) is 3.98. The van der Waals surface area contributed by atoms with Crippen LogP contribution in [0.15, 0.2) is 42.5 Å². The lowest BCUT2D eigenvalue weighted by Crippen LogP contribution is -2.41.